The zero-order valence-electron chi connectivity index (χ0n) is 9.56. The maximum Gasteiger partial charge on any atom is 0.327 e. The van der Waals surface area contributed by atoms with Crippen molar-refractivity contribution < 1.29 is 9.59 Å². The molecular weight excluding hydrogens is 194 g/mol. The average molecular weight is 213 g/mol. The van der Waals surface area contributed by atoms with Gasteiger partial charge in [0.05, 0.1) is 0 Å². The van der Waals surface area contributed by atoms with E-state index in [1.807, 2.05) is 13.8 Å². The third kappa shape index (κ3) is 2.28. The smallest absolute Gasteiger partial charge is 0.327 e. The van der Waals surface area contributed by atoms with Gasteiger partial charge in [0.15, 0.2) is 0 Å². The van der Waals surface area contributed by atoms with E-state index in [4.69, 9.17) is 5.73 Å². The highest BCUT2D eigenvalue weighted by Gasteiger charge is 2.42. The van der Waals surface area contributed by atoms with Gasteiger partial charge in [-0.25, -0.2) is 4.79 Å². The summed E-state index contributed by atoms with van der Waals surface area (Å²) in [5.74, 6) is 0.286. The largest absolute Gasteiger partial charge is 0.329 e. The highest BCUT2D eigenvalue weighted by atomic mass is 16.2. The summed E-state index contributed by atoms with van der Waals surface area (Å²) in [7, 11) is 1.67. The van der Waals surface area contributed by atoms with Crippen LogP contribution >= 0.6 is 0 Å². The quantitative estimate of drug-likeness (QED) is 0.681. The predicted octanol–water partition coefficient (Wildman–Crippen LogP) is 0.254. The zero-order valence-corrected chi connectivity index (χ0v) is 9.56. The van der Waals surface area contributed by atoms with Crippen molar-refractivity contribution >= 4 is 11.9 Å². The minimum absolute atomic E-state index is 0.110. The molecule has 0 aromatic rings. The minimum atomic E-state index is -0.302. The van der Waals surface area contributed by atoms with Crippen LogP contribution in [0.3, 0.4) is 0 Å². The summed E-state index contributed by atoms with van der Waals surface area (Å²) in [6.45, 7) is 4.71. The molecule has 1 atom stereocenters. The van der Waals surface area contributed by atoms with Crippen molar-refractivity contribution in [2.45, 2.75) is 26.3 Å². The molecule has 1 aliphatic heterocycles. The molecule has 0 saturated carbocycles. The van der Waals surface area contributed by atoms with Crippen LogP contribution in [0, 0.1) is 5.92 Å². The fourth-order valence-electron chi connectivity index (χ4n) is 1.80. The van der Waals surface area contributed by atoms with E-state index in [0.29, 0.717) is 25.4 Å². The van der Waals surface area contributed by atoms with E-state index in [1.165, 1.54) is 9.80 Å². The maximum atomic E-state index is 11.9. The van der Waals surface area contributed by atoms with Crippen LogP contribution in [0.5, 0.6) is 0 Å². The lowest BCUT2D eigenvalue weighted by Gasteiger charge is -2.17. The van der Waals surface area contributed by atoms with Crippen LogP contribution in [0.1, 0.15) is 20.3 Å². The molecule has 1 saturated heterocycles. The highest BCUT2D eigenvalue weighted by molar-refractivity contribution is 6.04. The molecule has 0 bridgehead atoms. The van der Waals surface area contributed by atoms with Gasteiger partial charge in [0, 0.05) is 20.1 Å². The second kappa shape index (κ2) is 4.61. The molecule has 3 amide bonds. The summed E-state index contributed by atoms with van der Waals surface area (Å²) in [5.41, 5.74) is 5.36. The lowest BCUT2D eigenvalue weighted by Crippen LogP contribution is -2.35. The number of carbonyl (C=O) groups is 2. The van der Waals surface area contributed by atoms with E-state index in [1.54, 1.807) is 7.05 Å². The first-order valence-electron chi connectivity index (χ1n) is 5.27. The van der Waals surface area contributed by atoms with Gasteiger partial charge < -0.3 is 10.6 Å². The number of hydrogen-bond donors (Lipinski definition) is 1. The number of nitrogens with two attached hydrogens (primary N) is 1. The van der Waals surface area contributed by atoms with Crippen molar-refractivity contribution in [2.24, 2.45) is 11.7 Å². The standard InChI is InChI=1S/C10H19N3O2/c1-7(2)6-8-9(14)13(5-4-11)10(15)12(8)3/h7-8H,4-6,11H2,1-3H3. The Morgan fingerprint density at radius 3 is 2.47 bits per heavy atom. The van der Waals surface area contributed by atoms with Gasteiger partial charge in [-0.1, -0.05) is 13.8 Å². The third-order valence-corrected chi connectivity index (χ3v) is 2.60. The fourth-order valence-corrected chi connectivity index (χ4v) is 1.80. The van der Waals surface area contributed by atoms with Gasteiger partial charge in [-0.3, -0.25) is 9.69 Å². The molecule has 5 heteroatoms. The molecule has 5 nitrogen and oxygen atoms in total. The van der Waals surface area contributed by atoms with Crippen LogP contribution in [0.25, 0.3) is 0 Å². The Bertz CT molecular complexity index is 265. The van der Waals surface area contributed by atoms with Gasteiger partial charge >= 0.3 is 6.03 Å². The number of nitrogens with zero attached hydrogens (tertiary/aromatic N) is 2. The molecule has 0 spiro atoms. The molecule has 15 heavy (non-hydrogen) atoms. The zero-order chi connectivity index (χ0) is 11.6. The van der Waals surface area contributed by atoms with E-state index in [2.05, 4.69) is 0 Å². The Kier molecular flexibility index (Phi) is 3.68. The molecule has 0 aromatic carbocycles. The number of amides is 3. The first-order valence-corrected chi connectivity index (χ1v) is 5.27. The van der Waals surface area contributed by atoms with Gasteiger partial charge in [0.25, 0.3) is 5.91 Å². The number of imide groups is 1. The number of hydrogen-bond acceptors (Lipinski definition) is 3. The topological polar surface area (TPSA) is 66.6 Å². The van der Waals surface area contributed by atoms with Gasteiger partial charge in [-0.2, -0.15) is 0 Å². The van der Waals surface area contributed by atoms with E-state index in [0.717, 1.165) is 0 Å². The van der Waals surface area contributed by atoms with Crippen LogP contribution in [-0.4, -0.2) is 47.9 Å². The van der Waals surface area contributed by atoms with Crippen molar-refractivity contribution in [3.05, 3.63) is 0 Å². The molecule has 86 valence electrons. The molecule has 1 rings (SSSR count). The first-order chi connectivity index (χ1) is 6.99. The normalized spacial score (nSPS) is 22.1. The van der Waals surface area contributed by atoms with E-state index >= 15 is 0 Å². The van der Waals surface area contributed by atoms with Crippen molar-refractivity contribution in [2.75, 3.05) is 20.1 Å². The summed E-state index contributed by atoms with van der Waals surface area (Å²) in [4.78, 5) is 26.3. The van der Waals surface area contributed by atoms with Gasteiger partial charge in [0.2, 0.25) is 0 Å². The Morgan fingerprint density at radius 1 is 1.40 bits per heavy atom. The molecule has 1 aliphatic rings. The molecule has 0 radical (unpaired) electrons. The van der Waals surface area contributed by atoms with Crippen LogP contribution in [0.2, 0.25) is 0 Å². The second-order valence-corrected chi connectivity index (χ2v) is 4.32. The Balaban J connectivity index is 2.75. The van der Waals surface area contributed by atoms with Gasteiger partial charge in [-0.15, -0.1) is 0 Å². The molecule has 1 unspecified atom stereocenters. The Hall–Kier alpha value is -1.10. The Labute approximate surface area is 90.2 Å². The van der Waals surface area contributed by atoms with E-state index in [-0.39, 0.29) is 18.0 Å². The summed E-state index contributed by atoms with van der Waals surface area (Å²) in [6, 6.07) is -0.528. The number of likely N-dealkylation sites (N-methyl/N-ethyl adjacent to an activating group) is 1. The molecule has 0 aromatic heterocycles. The van der Waals surface area contributed by atoms with Crippen LogP contribution < -0.4 is 5.73 Å². The van der Waals surface area contributed by atoms with Crippen LogP contribution in [-0.2, 0) is 4.79 Å². The summed E-state index contributed by atoms with van der Waals surface area (Å²) in [5, 5.41) is 0. The van der Waals surface area contributed by atoms with E-state index < -0.39 is 0 Å². The second-order valence-electron chi connectivity index (χ2n) is 4.32. The van der Waals surface area contributed by atoms with Gasteiger partial charge in [-0.05, 0) is 12.3 Å². The molecular formula is C10H19N3O2. The average Bonchev–Trinajstić information content (AvgIpc) is 2.35. The van der Waals surface area contributed by atoms with Crippen molar-refractivity contribution in [1.82, 2.24) is 9.80 Å². The van der Waals surface area contributed by atoms with Crippen LogP contribution in [0.4, 0.5) is 4.79 Å². The predicted molar refractivity (Wildman–Crippen MR) is 57.2 cm³/mol. The molecule has 2 N–H and O–H groups in total. The summed E-state index contributed by atoms with van der Waals surface area (Å²) < 4.78 is 0. The van der Waals surface area contributed by atoms with Crippen molar-refractivity contribution in [3.63, 3.8) is 0 Å². The fraction of sp³-hybridized carbons (Fsp3) is 0.800. The number of rotatable bonds is 4. The molecule has 1 fully saturated rings. The summed E-state index contributed by atoms with van der Waals surface area (Å²) in [6.07, 6.45) is 0.710. The SMILES string of the molecule is CC(C)CC1C(=O)N(CCN)C(=O)N1C. The van der Waals surface area contributed by atoms with Gasteiger partial charge in [0.1, 0.15) is 6.04 Å². The lowest BCUT2D eigenvalue weighted by molar-refractivity contribution is -0.128. The monoisotopic (exact) mass is 213 g/mol. The van der Waals surface area contributed by atoms with Crippen molar-refractivity contribution in [3.8, 4) is 0 Å². The van der Waals surface area contributed by atoms with Crippen LogP contribution in [0.15, 0.2) is 0 Å². The number of urea groups is 1. The molecule has 1 heterocycles. The third-order valence-electron chi connectivity index (χ3n) is 2.60. The lowest BCUT2D eigenvalue weighted by atomic mass is 10.0. The first kappa shape index (κ1) is 12.0. The maximum absolute atomic E-state index is 11.9. The summed E-state index contributed by atoms with van der Waals surface area (Å²) >= 11 is 0. The number of carbonyl (C=O) groups excluding carboxylic acids is 2. The Morgan fingerprint density at radius 2 is 2.00 bits per heavy atom. The minimum Gasteiger partial charge on any atom is -0.329 e. The highest BCUT2D eigenvalue weighted by Crippen LogP contribution is 2.20. The molecule has 0 aliphatic carbocycles. The van der Waals surface area contributed by atoms with E-state index in [9.17, 15) is 9.59 Å². The van der Waals surface area contributed by atoms with Crippen molar-refractivity contribution in [1.29, 1.82) is 0 Å².